The highest BCUT2D eigenvalue weighted by Crippen LogP contribution is 2.37. The number of alkyl halides is 3. The lowest BCUT2D eigenvalue weighted by Crippen LogP contribution is -2.16. The molecule has 0 heterocycles. The van der Waals surface area contributed by atoms with Gasteiger partial charge in [0.15, 0.2) is 5.78 Å². The smallest absolute Gasteiger partial charge is 0.420 e. The van der Waals surface area contributed by atoms with Crippen LogP contribution in [0.5, 0.6) is 5.75 Å². The van der Waals surface area contributed by atoms with Gasteiger partial charge in [-0.15, -0.1) is 0 Å². The molecular formula is C13H10F3NO2. The van der Waals surface area contributed by atoms with Gasteiger partial charge in [0, 0.05) is 5.92 Å². The highest BCUT2D eigenvalue weighted by Gasteiger charge is 2.35. The third-order valence-corrected chi connectivity index (χ3v) is 2.82. The van der Waals surface area contributed by atoms with Crippen LogP contribution < -0.4 is 4.74 Å². The summed E-state index contributed by atoms with van der Waals surface area (Å²) in [6.45, 7) is -0.361. The summed E-state index contributed by atoms with van der Waals surface area (Å²) >= 11 is 0. The van der Waals surface area contributed by atoms with Crippen molar-refractivity contribution in [2.75, 3.05) is 6.61 Å². The van der Waals surface area contributed by atoms with Crippen molar-refractivity contribution in [2.24, 2.45) is 5.92 Å². The second-order valence-electron chi connectivity index (χ2n) is 4.35. The van der Waals surface area contributed by atoms with E-state index in [1.54, 1.807) is 6.07 Å². The molecule has 0 radical (unpaired) electrons. The number of Topliss-reactive ketones (excluding diaryl/α,β-unsaturated/α-hetero) is 1. The van der Waals surface area contributed by atoms with Gasteiger partial charge < -0.3 is 4.74 Å². The summed E-state index contributed by atoms with van der Waals surface area (Å²) < 4.78 is 43.3. The van der Waals surface area contributed by atoms with Gasteiger partial charge in [0.05, 0.1) is 17.2 Å². The predicted octanol–water partition coefficient (Wildman–Crippen LogP) is 2.93. The molecule has 2 rings (SSSR count). The molecule has 0 atom stereocenters. The van der Waals surface area contributed by atoms with Gasteiger partial charge in [0.25, 0.3) is 0 Å². The number of ketones is 1. The fourth-order valence-corrected chi connectivity index (χ4v) is 1.62. The van der Waals surface area contributed by atoms with E-state index in [4.69, 9.17) is 10.00 Å². The Hall–Kier alpha value is -2.03. The van der Waals surface area contributed by atoms with Crippen molar-refractivity contribution in [1.82, 2.24) is 0 Å². The average molecular weight is 269 g/mol. The molecule has 3 nitrogen and oxygen atoms in total. The van der Waals surface area contributed by atoms with Crippen LogP contribution in [-0.2, 0) is 11.0 Å². The van der Waals surface area contributed by atoms with E-state index in [2.05, 4.69) is 0 Å². The fraction of sp³-hybridized carbons (Fsp3) is 0.385. The Morgan fingerprint density at radius 1 is 1.42 bits per heavy atom. The molecule has 6 heteroatoms. The van der Waals surface area contributed by atoms with E-state index in [-0.39, 0.29) is 23.9 Å². The van der Waals surface area contributed by atoms with Gasteiger partial charge in [0.1, 0.15) is 12.4 Å². The molecule has 0 amide bonds. The van der Waals surface area contributed by atoms with E-state index < -0.39 is 17.5 Å². The van der Waals surface area contributed by atoms with Crippen molar-refractivity contribution < 1.29 is 22.7 Å². The maximum atomic E-state index is 12.8. The summed E-state index contributed by atoms with van der Waals surface area (Å²) in [5.74, 6) is -0.661. The molecule has 100 valence electrons. The standard InChI is InChI=1S/C13H10F3NO2/c14-13(15,16)10-5-8(6-17)1-4-12(10)19-7-11(18)9-2-3-9/h1,4-5,9H,2-3,7H2. The molecule has 0 unspecified atom stereocenters. The molecule has 0 spiro atoms. The first-order chi connectivity index (χ1) is 8.91. The van der Waals surface area contributed by atoms with E-state index in [0.717, 1.165) is 25.0 Å². The van der Waals surface area contributed by atoms with Gasteiger partial charge in [-0.1, -0.05) is 0 Å². The van der Waals surface area contributed by atoms with Gasteiger partial charge in [0.2, 0.25) is 0 Å². The summed E-state index contributed by atoms with van der Waals surface area (Å²) in [6.07, 6.45) is -3.06. The highest BCUT2D eigenvalue weighted by molar-refractivity contribution is 5.84. The Morgan fingerprint density at radius 3 is 2.63 bits per heavy atom. The number of rotatable bonds is 4. The van der Waals surface area contributed by atoms with Gasteiger partial charge >= 0.3 is 6.18 Å². The van der Waals surface area contributed by atoms with E-state index >= 15 is 0 Å². The van der Waals surface area contributed by atoms with Crippen molar-refractivity contribution in [3.8, 4) is 11.8 Å². The van der Waals surface area contributed by atoms with Crippen molar-refractivity contribution >= 4 is 5.78 Å². The number of halogens is 3. The molecule has 0 aliphatic heterocycles. The number of benzene rings is 1. The third kappa shape index (κ3) is 3.25. The van der Waals surface area contributed by atoms with Crippen LogP contribution in [0.4, 0.5) is 13.2 Å². The third-order valence-electron chi connectivity index (χ3n) is 2.82. The lowest BCUT2D eigenvalue weighted by atomic mass is 10.1. The zero-order chi connectivity index (χ0) is 14.0. The predicted molar refractivity (Wildman–Crippen MR) is 59.4 cm³/mol. The summed E-state index contributed by atoms with van der Waals surface area (Å²) in [6, 6.07) is 4.66. The first-order valence-corrected chi connectivity index (χ1v) is 5.68. The van der Waals surface area contributed by atoms with Crippen molar-refractivity contribution in [2.45, 2.75) is 19.0 Å². The SMILES string of the molecule is N#Cc1ccc(OCC(=O)C2CC2)c(C(F)(F)F)c1. The lowest BCUT2D eigenvalue weighted by Gasteiger charge is -2.13. The normalized spacial score (nSPS) is 14.8. The molecule has 1 aliphatic rings. The Morgan fingerprint density at radius 2 is 2.11 bits per heavy atom. The lowest BCUT2D eigenvalue weighted by molar-refractivity contribution is -0.139. The minimum absolute atomic E-state index is 0.0623. The zero-order valence-electron chi connectivity index (χ0n) is 9.83. The van der Waals surface area contributed by atoms with Crippen molar-refractivity contribution in [1.29, 1.82) is 5.26 Å². The monoisotopic (exact) mass is 269 g/mol. The largest absolute Gasteiger partial charge is 0.485 e. The summed E-state index contributed by atoms with van der Waals surface area (Å²) in [4.78, 5) is 11.4. The Kier molecular flexibility index (Phi) is 3.47. The van der Waals surface area contributed by atoms with Gasteiger partial charge in [-0.2, -0.15) is 18.4 Å². The molecular weight excluding hydrogens is 259 g/mol. The molecule has 1 fully saturated rings. The van der Waals surface area contributed by atoms with Crippen LogP contribution in [-0.4, -0.2) is 12.4 Å². The van der Waals surface area contributed by atoms with Crippen LogP contribution in [0.3, 0.4) is 0 Å². The molecule has 0 bridgehead atoms. The molecule has 19 heavy (non-hydrogen) atoms. The minimum Gasteiger partial charge on any atom is -0.485 e. The van der Waals surface area contributed by atoms with Crippen LogP contribution in [0.2, 0.25) is 0 Å². The quantitative estimate of drug-likeness (QED) is 0.844. The zero-order valence-corrected chi connectivity index (χ0v) is 9.83. The van der Waals surface area contributed by atoms with Crippen LogP contribution >= 0.6 is 0 Å². The van der Waals surface area contributed by atoms with E-state index in [1.807, 2.05) is 0 Å². The Balaban J connectivity index is 2.18. The Labute approximate surface area is 107 Å². The van der Waals surface area contributed by atoms with E-state index in [0.29, 0.717) is 0 Å². The number of ether oxygens (including phenoxy) is 1. The number of nitrogens with zero attached hydrogens (tertiary/aromatic N) is 1. The van der Waals surface area contributed by atoms with Crippen molar-refractivity contribution in [3.05, 3.63) is 29.3 Å². The maximum absolute atomic E-state index is 12.8. The fourth-order valence-electron chi connectivity index (χ4n) is 1.62. The summed E-state index contributed by atoms with van der Waals surface area (Å²) in [5.41, 5.74) is -1.14. The van der Waals surface area contributed by atoms with E-state index in [1.165, 1.54) is 6.07 Å². The molecule has 1 aromatic rings. The molecule has 1 saturated carbocycles. The van der Waals surface area contributed by atoms with E-state index in [9.17, 15) is 18.0 Å². The van der Waals surface area contributed by atoms with Crippen LogP contribution in [0.15, 0.2) is 18.2 Å². The van der Waals surface area contributed by atoms with Gasteiger partial charge in [-0.25, -0.2) is 0 Å². The molecule has 0 saturated heterocycles. The van der Waals surface area contributed by atoms with Crippen LogP contribution in [0, 0.1) is 17.2 Å². The van der Waals surface area contributed by atoms with Gasteiger partial charge in [-0.3, -0.25) is 4.79 Å². The minimum atomic E-state index is -4.62. The topological polar surface area (TPSA) is 50.1 Å². The number of carbonyl (C=O) groups excluding carboxylic acids is 1. The Bertz CT molecular complexity index is 542. The maximum Gasteiger partial charge on any atom is 0.420 e. The summed E-state index contributed by atoms with van der Waals surface area (Å²) in [5, 5.41) is 8.61. The van der Waals surface area contributed by atoms with Crippen LogP contribution in [0.1, 0.15) is 24.0 Å². The molecule has 1 aliphatic carbocycles. The van der Waals surface area contributed by atoms with Gasteiger partial charge in [-0.05, 0) is 31.0 Å². The van der Waals surface area contributed by atoms with Crippen LogP contribution in [0.25, 0.3) is 0 Å². The average Bonchev–Trinajstić information content (AvgIpc) is 3.18. The number of hydrogen-bond acceptors (Lipinski definition) is 3. The number of hydrogen-bond donors (Lipinski definition) is 0. The second-order valence-corrected chi connectivity index (χ2v) is 4.35. The second kappa shape index (κ2) is 4.92. The summed E-state index contributed by atoms with van der Waals surface area (Å²) in [7, 11) is 0. The highest BCUT2D eigenvalue weighted by atomic mass is 19.4. The first-order valence-electron chi connectivity index (χ1n) is 5.68. The number of nitriles is 1. The molecule has 1 aromatic carbocycles. The number of carbonyl (C=O) groups is 1. The first kappa shape index (κ1) is 13.4. The molecule has 0 N–H and O–H groups in total. The van der Waals surface area contributed by atoms with Crippen molar-refractivity contribution in [3.63, 3.8) is 0 Å². The molecule has 0 aromatic heterocycles.